The molecular formula is C14H12BrN3O3S. The van der Waals surface area contributed by atoms with Crippen molar-refractivity contribution in [3.05, 3.63) is 43.4 Å². The fourth-order valence-electron chi connectivity index (χ4n) is 2.47. The van der Waals surface area contributed by atoms with Crippen LogP contribution in [0.3, 0.4) is 0 Å². The summed E-state index contributed by atoms with van der Waals surface area (Å²) in [6, 6.07) is 3.26. The van der Waals surface area contributed by atoms with Crippen LogP contribution < -0.4 is 0 Å². The number of hydrogen-bond donors (Lipinski definition) is 0. The fraction of sp³-hybridized carbons (Fsp3) is 0.286. The van der Waals surface area contributed by atoms with Crippen molar-refractivity contribution in [2.75, 3.05) is 7.05 Å². The molecule has 6 nitrogen and oxygen atoms in total. The van der Waals surface area contributed by atoms with Crippen molar-refractivity contribution in [2.24, 2.45) is 0 Å². The molecule has 0 bridgehead atoms. The van der Waals surface area contributed by atoms with E-state index in [-0.39, 0.29) is 11.6 Å². The minimum atomic E-state index is -0.461. The summed E-state index contributed by atoms with van der Waals surface area (Å²) in [7, 11) is 1.76. The highest BCUT2D eigenvalue weighted by atomic mass is 79.9. The van der Waals surface area contributed by atoms with Crippen LogP contribution in [0.4, 0.5) is 5.69 Å². The number of fused-ring (bicyclic) bond motifs is 1. The van der Waals surface area contributed by atoms with Crippen LogP contribution in [0.25, 0.3) is 10.6 Å². The molecule has 3 heterocycles. The van der Waals surface area contributed by atoms with Crippen LogP contribution in [0.1, 0.15) is 29.1 Å². The maximum absolute atomic E-state index is 12.3. The molecule has 22 heavy (non-hydrogen) atoms. The van der Waals surface area contributed by atoms with Crippen LogP contribution in [0.5, 0.6) is 0 Å². The summed E-state index contributed by atoms with van der Waals surface area (Å²) in [6.07, 6.45) is 1.52. The Hall–Kier alpha value is -1.80. The SMILES string of the molecule is CN1C(=O)c2sc(-c3ncc(Br)cc3[N+](=O)[O-])cc2C1(C)C. The molecule has 0 N–H and O–H groups in total. The van der Waals surface area contributed by atoms with Crippen LogP contribution >= 0.6 is 27.3 Å². The molecule has 0 aliphatic carbocycles. The maximum Gasteiger partial charge on any atom is 0.297 e. The monoisotopic (exact) mass is 381 g/mol. The van der Waals surface area contributed by atoms with Gasteiger partial charge in [-0.25, -0.2) is 4.98 Å². The molecular weight excluding hydrogens is 370 g/mol. The van der Waals surface area contributed by atoms with E-state index >= 15 is 0 Å². The van der Waals surface area contributed by atoms with Gasteiger partial charge in [-0.2, -0.15) is 0 Å². The third-order valence-electron chi connectivity index (χ3n) is 3.99. The topological polar surface area (TPSA) is 76.3 Å². The van der Waals surface area contributed by atoms with Gasteiger partial charge in [0.2, 0.25) is 0 Å². The highest BCUT2D eigenvalue weighted by Gasteiger charge is 2.43. The number of pyridine rings is 1. The summed E-state index contributed by atoms with van der Waals surface area (Å²) >= 11 is 4.45. The summed E-state index contributed by atoms with van der Waals surface area (Å²) in [5.74, 6) is -0.0592. The van der Waals surface area contributed by atoms with E-state index in [1.165, 1.54) is 23.6 Å². The zero-order valence-electron chi connectivity index (χ0n) is 12.1. The Labute approximate surface area is 139 Å². The Bertz CT molecular complexity index is 816. The first kappa shape index (κ1) is 15.1. The number of carbonyl (C=O) groups is 1. The smallest absolute Gasteiger partial charge is 0.297 e. The van der Waals surface area contributed by atoms with Crippen molar-refractivity contribution >= 4 is 38.9 Å². The number of nitrogens with zero attached hydrogens (tertiary/aromatic N) is 3. The maximum atomic E-state index is 12.3. The van der Waals surface area contributed by atoms with Gasteiger partial charge in [-0.3, -0.25) is 14.9 Å². The first-order valence-corrected chi connectivity index (χ1v) is 8.07. The van der Waals surface area contributed by atoms with Crippen molar-refractivity contribution in [3.8, 4) is 10.6 Å². The van der Waals surface area contributed by atoms with Gasteiger partial charge in [0, 0.05) is 29.3 Å². The average Bonchev–Trinajstić information content (AvgIpc) is 2.96. The molecule has 0 saturated carbocycles. The summed E-state index contributed by atoms with van der Waals surface area (Å²) in [5, 5.41) is 11.2. The van der Waals surface area contributed by atoms with E-state index in [1.54, 1.807) is 11.9 Å². The minimum Gasteiger partial charge on any atom is -0.332 e. The zero-order chi connectivity index (χ0) is 16.2. The van der Waals surface area contributed by atoms with Crippen molar-refractivity contribution in [1.82, 2.24) is 9.88 Å². The van der Waals surface area contributed by atoms with Crippen molar-refractivity contribution < 1.29 is 9.72 Å². The van der Waals surface area contributed by atoms with E-state index in [0.717, 1.165) is 5.56 Å². The molecule has 8 heteroatoms. The van der Waals surface area contributed by atoms with E-state index in [2.05, 4.69) is 20.9 Å². The lowest BCUT2D eigenvalue weighted by atomic mass is 9.97. The van der Waals surface area contributed by atoms with Crippen molar-refractivity contribution in [2.45, 2.75) is 19.4 Å². The number of aromatic nitrogens is 1. The second-order valence-corrected chi connectivity index (χ2v) is 7.52. The van der Waals surface area contributed by atoms with Gasteiger partial charge in [0.1, 0.15) is 0 Å². The highest BCUT2D eigenvalue weighted by molar-refractivity contribution is 9.10. The highest BCUT2D eigenvalue weighted by Crippen LogP contribution is 2.46. The Balaban J connectivity index is 2.18. The number of nitro groups is 1. The van der Waals surface area contributed by atoms with Crippen molar-refractivity contribution in [3.63, 3.8) is 0 Å². The zero-order valence-corrected chi connectivity index (χ0v) is 14.5. The van der Waals surface area contributed by atoms with Gasteiger partial charge in [-0.1, -0.05) is 0 Å². The van der Waals surface area contributed by atoms with Crippen LogP contribution in [-0.2, 0) is 5.54 Å². The molecule has 0 fully saturated rings. The standard InChI is InChI=1S/C14H12BrN3O3S/c1-14(2)8-5-10(22-12(8)13(19)17(14)3)11-9(18(20)21)4-7(15)6-16-11/h4-6H,1-3H3. The predicted molar refractivity (Wildman–Crippen MR) is 87.0 cm³/mol. The normalized spacial score (nSPS) is 16.0. The minimum absolute atomic E-state index is 0.0592. The van der Waals surface area contributed by atoms with E-state index in [9.17, 15) is 14.9 Å². The number of thiophene rings is 1. The first-order valence-electron chi connectivity index (χ1n) is 6.46. The van der Waals surface area contributed by atoms with Gasteiger partial charge in [-0.05, 0) is 35.8 Å². The summed E-state index contributed by atoms with van der Waals surface area (Å²) in [4.78, 5) is 30.2. The largest absolute Gasteiger partial charge is 0.332 e. The Morgan fingerprint density at radius 1 is 1.41 bits per heavy atom. The summed E-state index contributed by atoms with van der Waals surface area (Å²) < 4.78 is 0.545. The first-order chi connectivity index (χ1) is 10.2. The van der Waals surface area contributed by atoms with Crippen LogP contribution in [-0.4, -0.2) is 27.8 Å². The molecule has 114 valence electrons. The molecule has 3 rings (SSSR count). The van der Waals surface area contributed by atoms with Crippen LogP contribution in [0.15, 0.2) is 22.8 Å². The number of rotatable bonds is 2. The van der Waals surface area contributed by atoms with Gasteiger partial charge in [0.25, 0.3) is 11.6 Å². The van der Waals surface area contributed by atoms with Gasteiger partial charge < -0.3 is 4.90 Å². The van der Waals surface area contributed by atoms with Crippen LogP contribution in [0.2, 0.25) is 0 Å². The molecule has 0 unspecified atom stereocenters. The Morgan fingerprint density at radius 2 is 2.09 bits per heavy atom. The predicted octanol–water partition coefficient (Wildman–Crippen LogP) is 3.80. The van der Waals surface area contributed by atoms with E-state index in [4.69, 9.17) is 0 Å². The average molecular weight is 382 g/mol. The molecule has 0 radical (unpaired) electrons. The molecule has 0 saturated heterocycles. The second-order valence-electron chi connectivity index (χ2n) is 5.56. The molecule has 1 aliphatic rings. The molecule has 0 atom stereocenters. The lowest BCUT2D eigenvalue weighted by Crippen LogP contribution is -2.35. The quantitative estimate of drug-likeness (QED) is 0.585. The van der Waals surface area contributed by atoms with Crippen LogP contribution in [0, 0.1) is 10.1 Å². The second kappa shape index (κ2) is 4.85. The lowest BCUT2D eigenvalue weighted by molar-refractivity contribution is -0.384. The van der Waals surface area contributed by atoms with E-state index in [1.807, 2.05) is 19.9 Å². The summed E-state index contributed by atoms with van der Waals surface area (Å²) in [5.41, 5.74) is 0.677. The molecule has 1 amide bonds. The number of hydrogen-bond acceptors (Lipinski definition) is 5. The lowest BCUT2D eigenvalue weighted by Gasteiger charge is -2.28. The Kier molecular flexibility index (Phi) is 3.33. The van der Waals surface area contributed by atoms with Crippen molar-refractivity contribution in [1.29, 1.82) is 0 Å². The number of amides is 1. The van der Waals surface area contributed by atoms with E-state index in [0.29, 0.717) is 19.9 Å². The van der Waals surface area contributed by atoms with Gasteiger partial charge in [0.05, 0.1) is 20.2 Å². The Morgan fingerprint density at radius 3 is 2.68 bits per heavy atom. The number of carbonyl (C=O) groups excluding carboxylic acids is 1. The molecule has 2 aromatic heterocycles. The molecule has 1 aliphatic heterocycles. The molecule has 0 spiro atoms. The molecule has 2 aromatic rings. The third-order valence-corrected chi connectivity index (χ3v) is 5.56. The molecule has 0 aromatic carbocycles. The summed E-state index contributed by atoms with van der Waals surface area (Å²) in [6.45, 7) is 3.91. The van der Waals surface area contributed by atoms with Gasteiger partial charge in [0.15, 0.2) is 5.69 Å². The van der Waals surface area contributed by atoms with E-state index < -0.39 is 10.5 Å². The van der Waals surface area contributed by atoms with Gasteiger partial charge >= 0.3 is 0 Å². The third kappa shape index (κ3) is 2.05. The van der Waals surface area contributed by atoms with Gasteiger partial charge in [-0.15, -0.1) is 11.3 Å². The fourth-order valence-corrected chi connectivity index (χ4v) is 4.08. The number of halogens is 1.